The van der Waals surface area contributed by atoms with Crippen LogP contribution in [0.25, 0.3) is 11.0 Å². The molecule has 1 aromatic heterocycles. The Morgan fingerprint density at radius 3 is 2.60 bits per heavy atom. The number of rotatable bonds is 6. The fourth-order valence-corrected chi connectivity index (χ4v) is 3.96. The molecule has 5 nitrogen and oxygen atoms in total. The number of carboxylic acids is 1. The van der Waals surface area contributed by atoms with Crippen molar-refractivity contribution in [3.8, 4) is 0 Å². The molecule has 1 saturated carbocycles. The van der Waals surface area contributed by atoms with Crippen LogP contribution < -0.4 is 5.32 Å². The van der Waals surface area contributed by atoms with Crippen LogP contribution in [0.5, 0.6) is 0 Å². The summed E-state index contributed by atoms with van der Waals surface area (Å²) in [6, 6.07) is 9.43. The molecule has 0 unspecified atom stereocenters. The molecule has 0 saturated heterocycles. The van der Waals surface area contributed by atoms with Crippen LogP contribution in [-0.4, -0.2) is 17.0 Å². The first kappa shape index (κ1) is 17.5. The van der Waals surface area contributed by atoms with E-state index in [1.165, 1.54) is 0 Å². The molecule has 134 valence electrons. The van der Waals surface area contributed by atoms with E-state index >= 15 is 0 Å². The molecule has 1 atom stereocenters. The fraction of sp³-hybridized carbons (Fsp3) is 0.500. The molecule has 2 aromatic rings. The molecule has 1 aromatic carbocycles. The van der Waals surface area contributed by atoms with E-state index in [9.17, 15) is 14.7 Å². The highest BCUT2D eigenvalue weighted by Gasteiger charge is 2.36. The second-order valence-corrected chi connectivity index (χ2v) is 7.28. The summed E-state index contributed by atoms with van der Waals surface area (Å²) < 4.78 is 5.80. The molecule has 0 radical (unpaired) electrons. The van der Waals surface area contributed by atoms with Crippen molar-refractivity contribution in [3.05, 3.63) is 36.1 Å². The van der Waals surface area contributed by atoms with Gasteiger partial charge < -0.3 is 14.8 Å². The third-order valence-corrected chi connectivity index (χ3v) is 5.22. The molecule has 3 rings (SSSR count). The van der Waals surface area contributed by atoms with Crippen molar-refractivity contribution in [1.82, 2.24) is 5.32 Å². The monoisotopic (exact) mass is 343 g/mol. The number of hydrogen-bond acceptors (Lipinski definition) is 3. The number of fused-ring (bicyclic) bond motifs is 1. The lowest BCUT2D eigenvalue weighted by molar-refractivity contribution is -0.141. The van der Waals surface area contributed by atoms with Gasteiger partial charge in [0.15, 0.2) is 0 Å². The number of carbonyl (C=O) groups excluding carboxylic acids is 1. The zero-order chi connectivity index (χ0) is 17.9. The van der Waals surface area contributed by atoms with Crippen LogP contribution in [0.1, 0.15) is 63.7 Å². The molecule has 1 amide bonds. The summed E-state index contributed by atoms with van der Waals surface area (Å²) in [5.41, 5.74) is 0.398. The summed E-state index contributed by atoms with van der Waals surface area (Å²) in [5.74, 6) is -0.207. The molecule has 1 aliphatic rings. The van der Waals surface area contributed by atoms with E-state index < -0.39 is 11.4 Å². The Labute approximate surface area is 147 Å². The van der Waals surface area contributed by atoms with Crippen LogP contribution in [0, 0.1) is 5.41 Å². The van der Waals surface area contributed by atoms with Gasteiger partial charge in [-0.3, -0.25) is 9.59 Å². The van der Waals surface area contributed by atoms with Crippen LogP contribution in [-0.2, 0) is 9.59 Å². The van der Waals surface area contributed by atoms with Crippen LogP contribution >= 0.6 is 0 Å². The van der Waals surface area contributed by atoms with Crippen molar-refractivity contribution >= 4 is 22.8 Å². The maximum atomic E-state index is 12.6. The SMILES string of the molecule is C[C@@H](NC(=O)CC1(CC(=O)O)CCCCC1)c1cc2ccccc2o1. The largest absolute Gasteiger partial charge is 0.481 e. The smallest absolute Gasteiger partial charge is 0.303 e. The first-order valence-corrected chi connectivity index (χ1v) is 8.97. The Kier molecular flexibility index (Phi) is 5.11. The van der Waals surface area contributed by atoms with Crippen LogP contribution in [0.2, 0.25) is 0 Å². The molecule has 0 bridgehead atoms. The maximum absolute atomic E-state index is 12.6. The Balaban J connectivity index is 1.66. The molecule has 0 aliphatic heterocycles. The maximum Gasteiger partial charge on any atom is 0.303 e. The molecular formula is C20H25NO4. The van der Waals surface area contributed by atoms with E-state index in [0.717, 1.165) is 43.1 Å². The van der Waals surface area contributed by atoms with Crippen molar-refractivity contribution in [2.24, 2.45) is 5.41 Å². The average molecular weight is 343 g/mol. The lowest BCUT2D eigenvalue weighted by Crippen LogP contribution is -2.36. The van der Waals surface area contributed by atoms with E-state index in [2.05, 4.69) is 5.32 Å². The molecular weight excluding hydrogens is 318 g/mol. The predicted molar refractivity (Wildman–Crippen MR) is 95.2 cm³/mol. The first-order valence-electron chi connectivity index (χ1n) is 8.97. The van der Waals surface area contributed by atoms with E-state index in [-0.39, 0.29) is 24.8 Å². The lowest BCUT2D eigenvalue weighted by Gasteiger charge is -2.35. The van der Waals surface area contributed by atoms with Gasteiger partial charge in [-0.2, -0.15) is 0 Å². The summed E-state index contributed by atoms with van der Waals surface area (Å²) in [7, 11) is 0. The number of amides is 1. The number of aliphatic carboxylic acids is 1. The highest BCUT2D eigenvalue weighted by Crippen LogP contribution is 2.42. The topological polar surface area (TPSA) is 79.5 Å². The van der Waals surface area contributed by atoms with Crippen molar-refractivity contribution < 1.29 is 19.1 Å². The highest BCUT2D eigenvalue weighted by atomic mass is 16.4. The Morgan fingerprint density at radius 1 is 1.20 bits per heavy atom. The third kappa shape index (κ3) is 4.21. The Hall–Kier alpha value is -2.30. The predicted octanol–water partition coefficient (Wildman–Crippen LogP) is 4.43. The number of carboxylic acid groups (broad SMARTS) is 1. The van der Waals surface area contributed by atoms with Crippen molar-refractivity contribution in [2.75, 3.05) is 0 Å². The normalized spacial score (nSPS) is 18.0. The van der Waals surface area contributed by atoms with Gasteiger partial charge in [-0.25, -0.2) is 0 Å². The van der Waals surface area contributed by atoms with Gasteiger partial charge in [0, 0.05) is 11.8 Å². The highest BCUT2D eigenvalue weighted by molar-refractivity contribution is 5.80. The molecule has 2 N–H and O–H groups in total. The zero-order valence-corrected chi connectivity index (χ0v) is 14.6. The number of benzene rings is 1. The zero-order valence-electron chi connectivity index (χ0n) is 14.6. The van der Waals surface area contributed by atoms with Gasteiger partial charge >= 0.3 is 5.97 Å². The average Bonchev–Trinajstić information content (AvgIpc) is 2.98. The summed E-state index contributed by atoms with van der Waals surface area (Å²) in [6.07, 6.45) is 5.08. The van der Waals surface area contributed by atoms with Crippen molar-refractivity contribution in [1.29, 1.82) is 0 Å². The van der Waals surface area contributed by atoms with Gasteiger partial charge in [0.25, 0.3) is 0 Å². The number of para-hydroxylation sites is 1. The first-order chi connectivity index (χ1) is 12.0. The summed E-state index contributed by atoms with van der Waals surface area (Å²) in [4.78, 5) is 23.8. The summed E-state index contributed by atoms with van der Waals surface area (Å²) in [5, 5.41) is 13.2. The quantitative estimate of drug-likeness (QED) is 0.813. The lowest BCUT2D eigenvalue weighted by atomic mass is 9.69. The van der Waals surface area contributed by atoms with Crippen LogP contribution in [0.3, 0.4) is 0 Å². The molecule has 1 aliphatic carbocycles. The van der Waals surface area contributed by atoms with Crippen molar-refractivity contribution in [3.63, 3.8) is 0 Å². The molecule has 1 heterocycles. The van der Waals surface area contributed by atoms with Crippen LogP contribution in [0.15, 0.2) is 34.7 Å². The number of nitrogens with one attached hydrogen (secondary N) is 1. The van der Waals surface area contributed by atoms with Crippen molar-refractivity contribution in [2.45, 2.75) is 57.9 Å². The van der Waals surface area contributed by atoms with Gasteiger partial charge in [-0.05, 0) is 37.3 Å². The minimum absolute atomic E-state index is 0.0689. The molecule has 25 heavy (non-hydrogen) atoms. The van der Waals surface area contributed by atoms with E-state index in [1.807, 2.05) is 37.3 Å². The van der Waals surface area contributed by atoms with Gasteiger partial charge in [0.2, 0.25) is 5.91 Å². The van der Waals surface area contributed by atoms with Crippen LogP contribution in [0.4, 0.5) is 0 Å². The van der Waals surface area contributed by atoms with E-state index in [4.69, 9.17) is 4.42 Å². The minimum Gasteiger partial charge on any atom is -0.481 e. The van der Waals surface area contributed by atoms with Gasteiger partial charge in [0.1, 0.15) is 11.3 Å². The molecule has 0 spiro atoms. The standard InChI is InChI=1S/C20H25NO4/c1-14(17-11-15-7-3-4-8-16(15)25-17)21-18(22)12-20(13-19(23)24)9-5-2-6-10-20/h3-4,7-8,11,14H,2,5-6,9-10,12-13H2,1H3,(H,21,22)(H,23,24)/t14-/m1/s1. The summed E-state index contributed by atoms with van der Waals surface area (Å²) >= 11 is 0. The molecule has 1 fully saturated rings. The fourth-order valence-electron chi connectivity index (χ4n) is 3.96. The second-order valence-electron chi connectivity index (χ2n) is 7.28. The summed E-state index contributed by atoms with van der Waals surface area (Å²) in [6.45, 7) is 1.89. The number of hydrogen-bond donors (Lipinski definition) is 2. The number of carbonyl (C=O) groups is 2. The van der Waals surface area contributed by atoms with E-state index in [1.54, 1.807) is 0 Å². The van der Waals surface area contributed by atoms with Gasteiger partial charge in [-0.15, -0.1) is 0 Å². The minimum atomic E-state index is -0.819. The van der Waals surface area contributed by atoms with E-state index in [0.29, 0.717) is 5.76 Å². The molecule has 5 heteroatoms. The van der Waals surface area contributed by atoms with Gasteiger partial charge in [-0.1, -0.05) is 37.5 Å². The second kappa shape index (κ2) is 7.30. The Bertz CT molecular complexity index is 725. The third-order valence-electron chi connectivity index (χ3n) is 5.22. The van der Waals surface area contributed by atoms with Gasteiger partial charge in [0.05, 0.1) is 12.5 Å². The Morgan fingerprint density at radius 2 is 1.92 bits per heavy atom. The number of furan rings is 1.